The number of nitrogens with one attached hydrogen (secondary N) is 2. The zero-order valence-electron chi connectivity index (χ0n) is 20.9. The summed E-state index contributed by atoms with van der Waals surface area (Å²) in [6, 6.07) is 18.5. The number of benzene rings is 2. The first-order chi connectivity index (χ1) is 18.2. The second kappa shape index (κ2) is 10.0. The molecule has 1 fully saturated rings. The third kappa shape index (κ3) is 4.65. The first kappa shape index (κ1) is 23.2. The van der Waals surface area contributed by atoms with Crippen LogP contribution in [0.3, 0.4) is 0 Å². The summed E-state index contributed by atoms with van der Waals surface area (Å²) in [5.41, 5.74) is 4.65. The van der Waals surface area contributed by atoms with Crippen molar-refractivity contribution in [3.8, 4) is 0 Å². The fraction of sp³-hybridized carbons (Fsp3) is 0.286. The Balaban J connectivity index is 1.10. The number of para-hydroxylation sites is 1. The van der Waals surface area contributed by atoms with Crippen molar-refractivity contribution in [3.05, 3.63) is 83.9 Å². The Kier molecular flexibility index (Phi) is 6.28. The Labute approximate surface area is 215 Å². The maximum absolute atomic E-state index is 12.9. The van der Waals surface area contributed by atoms with Gasteiger partial charge in [0.2, 0.25) is 0 Å². The van der Waals surface area contributed by atoms with Crippen LogP contribution in [0.4, 0.5) is 5.82 Å². The number of piperazine rings is 1. The van der Waals surface area contributed by atoms with Crippen LogP contribution in [0.1, 0.15) is 21.6 Å². The molecule has 0 aliphatic carbocycles. The van der Waals surface area contributed by atoms with Crippen molar-refractivity contribution in [3.63, 3.8) is 0 Å². The molecule has 0 saturated carbocycles. The number of carbonyl (C=O) groups is 1. The number of hydrogen-bond acceptors (Lipinski definition) is 6. The van der Waals surface area contributed by atoms with E-state index in [1.54, 1.807) is 6.33 Å². The molecule has 1 aliphatic rings. The van der Waals surface area contributed by atoms with E-state index in [-0.39, 0.29) is 5.91 Å². The monoisotopic (exact) mass is 494 g/mol. The van der Waals surface area contributed by atoms with Crippen LogP contribution < -0.4 is 10.2 Å². The van der Waals surface area contributed by atoms with Gasteiger partial charge in [0.05, 0.1) is 23.7 Å². The standard InChI is InChI=1S/C28H30N8O/c1-20-25(22-9-5-6-10-24(22)33-20)28(37)29-11-12-36-27-23(17-32-36)26(30-19-31-27)35-15-13-34(14-16-35)18-21-7-3-2-4-8-21/h2-10,17,19,33H,11-16,18H2,1H3,(H,29,37). The number of anilines is 1. The lowest BCUT2D eigenvalue weighted by atomic mass is 10.1. The van der Waals surface area contributed by atoms with Crippen molar-refractivity contribution in [2.24, 2.45) is 0 Å². The number of aryl methyl sites for hydroxylation is 1. The highest BCUT2D eigenvalue weighted by Gasteiger charge is 2.22. The molecule has 4 heterocycles. The Bertz CT molecular complexity index is 1530. The number of hydrogen-bond donors (Lipinski definition) is 2. The summed E-state index contributed by atoms with van der Waals surface area (Å²) in [7, 11) is 0. The normalized spacial score (nSPS) is 14.5. The van der Waals surface area contributed by atoms with Crippen LogP contribution in [0.2, 0.25) is 0 Å². The van der Waals surface area contributed by atoms with Crippen LogP contribution in [-0.2, 0) is 13.1 Å². The third-order valence-electron chi connectivity index (χ3n) is 7.06. The van der Waals surface area contributed by atoms with E-state index >= 15 is 0 Å². The van der Waals surface area contributed by atoms with E-state index < -0.39 is 0 Å². The lowest BCUT2D eigenvalue weighted by Crippen LogP contribution is -2.46. The maximum Gasteiger partial charge on any atom is 0.253 e. The first-order valence-corrected chi connectivity index (χ1v) is 12.7. The number of rotatable bonds is 7. The fourth-order valence-corrected chi connectivity index (χ4v) is 5.19. The van der Waals surface area contributed by atoms with Gasteiger partial charge in [-0.2, -0.15) is 5.10 Å². The molecule has 0 radical (unpaired) electrons. The van der Waals surface area contributed by atoms with Crippen molar-refractivity contribution in [2.75, 3.05) is 37.6 Å². The quantitative estimate of drug-likeness (QED) is 0.360. The Morgan fingerprint density at radius 2 is 1.76 bits per heavy atom. The third-order valence-corrected chi connectivity index (χ3v) is 7.06. The summed E-state index contributed by atoms with van der Waals surface area (Å²) in [6.07, 6.45) is 3.45. The van der Waals surface area contributed by atoms with Gasteiger partial charge in [0, 0.05) is 55.9 Å². The molecule has 1 aliphatic heterocycles. The molecular weight excluding hydrogens is 464 g/mol. The van der Waals surface area contributed by atoms with Gasteiger partial charge in [-0.05, 0) is 18.6 Å². The lowest BCUT2D eigenvalue weighted by Gasteiger charge is -2.35. The fourth-order valence-electron chi connectivity index (χ4n) is 5.19. The predicted molar refractivity (Wildman–Crippen MR) is 145 cm³/mol. The van der Waals surface area contributed by atoms with Crippen LogP contribution >= 0.6 is 0 Å². The molecule has 9 heteroatoms. The van der Waals surface area contributed by atoms with Crippen molar-refractivity contribution in [1.29, 1.82) is 0 Å². The zero-order chi connectivity index (χ0) is 25.2. The second-order valence-electron chi connectivity index (χ2n) is 9.48. The number of fused-ring (bicyclic) bond motifs is 2. The predicted octanol–water partition coefficient (Wildman–Crippen LogP) is 3.37. The van der Waals surface area contributed by atoms with Gasteiger partial charge in [-0.25, -0.2) is 14.6 Å². The highest BCUT2D eigenvalue weighted by molar-refractivity contribution is 6.08. The minimum atomic E-state index is -0.0879. The molecular formula is C28H30N8O. The van der Waals surface area contributed by atoms with Crippen molar-refractivity contribution >= 4 is 33.7 Å². The molecule has 188 valence electrons. The smallest absolute Gasteiger partial charge is 0.253 e. The van der Waals surface area contributed by atoms with Crippen LogP contribution in [0.5, 0.6) is 0 Å². The molecule has 1 saturated heterocycles. The molecule has 1 amide bonds. The number of aromatic nitrogens is 5. The minimum absolute atomic E-state index is 0.0879. The SMILES string of the molecule is Cc1[nH]c2ccccc2c1C(=O)NCCn1ncc2c(N3CCN(Cc4ccccc4)CC3)ncnc21. The van der Waals surface area contributed by atoms with Gasteiger partial charge in [0.15, 0.2) is 5.65 Å². The molecule has 0 atom stereocenters. The van der Waals surface area contributed by atoms with E-state index in [4.69, 9.17) is 0 Å². The van der Waals surface area contributed by atoms with Crippen LogP contribution in [-0.4, -0.2) is 68.3 Å². The molecule has 3 aromatic heterocycles. The summed E-state index contributed by atoms with van der Waals surface area (Å²) in [6.45, 7) is 7.64. The van der Waals surface area contributed by atoms with Crippen LogP contribution in [0.15, 0.2) is 67.1 Å². The summed E-state index contributed by atoms with van der Waals surface area (Å²) in [5, 5.41) is 9.49. The molecule has 0 unspecified atom stereocenters. The molecule has 2 N–H and O–H groups in total. The molecule has 0 spiro atoms. The number of carbonyl (C=O) groups excluding carboxylic acids is 1. The average Bonchev–Trinajstić information content (AvgIpc) is 3.49. The average molecular weight is 495 g/mol. The van der Waals surface area contributed by atoms with E-state index in [2.05, 4.69) is 65.5 Å². The minimum Gasteiger partial charge on any atom is -0.358 e. The number of aromatic amines is 1. The Morgan fingerprint density at radius 1 is 0.973 bits per heavy atom. The van der Waals surface area contributed by atoms with E-state index in [0.717, 1.165) is 66.2 Å². The largest absolute Gasteiger partial charge is 0.358 e. The van der Waals surface area contributed by atoms with Gasteiger partial charge in [0.1, 0.15) is 12.1 Å². The Morgan fingerprint density at radius 3 is 2.59 bits per heavy atom. The molecule has 2 aromatic carbocycles. The number of nitrogens with zero attached hydrogens (tertiary/aromatic N) is 6. The van der Waals surface area contributed by atoms with Crippen molar-refractivity contribution < 1.29 is 4.79 Å². The topological polar surface area (TPSA) is 95.0 Å². The number of amides is 1. The Hall–Kier alpha value is -4.24. The number of H-pyrrole nitrogens is 1. The molecule has 5 aromatic rings. The lowest BCUT2D eigenvalue weighted by molar-refractivity contribution is 0.0953. The van der Waals surface area contributed by atoms with E-state index in [9.17, 15) is 4.79 Å². The van der Waals surface area contributed by atoms with E-state index in [1.807, 2.05) is 42.1 Å². The van der Waals surface area contributed by atoms with Gasteiger partial charge in [0.25, 0.3) is 5.91 Å². The second-order valence-corrected chi connectivity index (χ2v) is 9.48. The molecule has 37 heavy (non-hydrogen) atoms. The van der Waals surface area contributed by atoms with Gasteiger partial charge in [-0.15, -0.1) is 0 Å². The van der Waals surface area contributed by atoms with Crippen LogP contribution in [0, 0.1) is 6.92 Å². The van der Waals surface area contributed by atoms with Gasteiger partial charge < -0.3 is 15.2 Å². The maximum atomic E-state index is 12.9. The van der Waals surface area contributed by atoms with Crippen molar-refractivity contribution in [1.82, 2.24) is 34.9 Å². The van der Waals surface area contributed by atoms with Gasteiger partial charge >= 0.3 is 0 Å². The summed E-state index contributed by atoms with van der Waals surface area (Å²) in [5.74, 6) is 0.837. The van der Waals surface area contributed by atoms with Crippen molar-refractivity contribution in [2.45, 2.75) is 20.0 Å². The summed E-state index contributed by atoms with van der Waals surface area (Å²) >= 11 is 0. The highest BCUT2D eigenvalue weighted by Crippen LogP contribution is 2.24. The highest BCUT2D eigenvalue weighted by atomic mass is 16.1. The summed E-state index contributed by atoms with van der Waals surface area (Å²) < 4.78 is 1.84. The molecule has 9 nitrogen and oxygen atoms in total. The first-order valence-electron chi connectivity index (χ1n) is 12.7. The molecule has 6 rings (SSSR count). The molecule has 0 bridgehead atoms. The van der Waals surface area contributed by atoms with Gasteiger partial charge in [-0.3, -0.25) is 9.69 Å². The van der Waals surface area contributed by atoms with Crippen LogP contribution in [0.25, 0.3) is 21.9 Å². The zero-order valence-corrected chi connectivity index (χ0v) is 20.9. The van der Waals surface area contributed by atoms with Gasteiger partial charge in [-0.1, -0.05) is 48.5 Å². The summed E-state index contributed by atoms with van der Waals surface area (Å²) in [4.78, 5) is 30.1. The van der Waals surface area contributed by atoms with E-state index in [1.165, 1.54) is 5.56 Å². The van der Waals surface area contributed by atoms with E-state index in [0.29, 0.717) is 18.7 Å².